The maximum atomic E-state index is 11.3. The topological polar surface area (TPSA) is 26.3 Å². The average Bonchev–Trinajstić information content (AvgIpc) is 2.30. The first-order chi connectivity index (χ1) is 6.24. The monoisotopic (exact) mass is 182 g/mol. The molecular formula is C11H18O2. The molecule has 0 N–H and O–H groups in total. The first kappa shape index (κ1) is 10.5. The van der Waals surface area contributed by atoms with Crippen molar-refractivity contribution >= 4 is 5.78 Å². The number of allylic oxidation sites excluding steroid dienone is 1. The van der Waals surface area contributed by atoms with Gasteiger partial charge in [0, 0.05) is 19.4 Å². The molecule has 1 unspecified atom stereocenters. The highest BCUT2D eigenvalue weighted by Gasteiger charge is 2.13. The molecule has 13 heavy (non-hydrogen) atoms. The first-order valence-electron chi connectivity index (χ1n) is 4.96. The van der Waals surface area contributed by atoms with Gasteiger partial charge in [-0.15, -0.1) is 0 Å². The van der Waals surface area contributed by atoms with E-state index in [1.165, 1.54) is 5.57 Å². The third-order valence-electron chi connectivity index (χ3n) is 2.53. The summed E-state index contributed by atoms with van der Waals surface area (Å²) < 4.78 is 5.08. The molecule has 0 saturated carbocycles. The summed E-state index contributed by atoms with van der Waals surface area (Å²) in [7, 11) is 1.70. The van der Waals surface area contributed by atoms with Crippen molar-refractivity contribution in [2.75, 3.05) is 13.7 Å². The Morgan fingerprint density at radius 2 is 2.15 bits per heavy atom. The van der Waals surface area contributed by atoms with Crippen molar-refractivity contribution in [3.05, 3.63) is 11.6 Å². The maximum absolute atomic E-state index is 11.3. The Hall–Kier alpha value is -0.630. The summed E-state index contributed by atoms with van der Waals surface area (Å²) >= 11 is 0. The SMILES string of the molecule is COCC(C)C1=CC(=O)CCCC1. The summed E-state index contributed by atoms with van der Waals surface area (Å²) in [6.45, 7) is 2.84. The van der Waals surface area contributed by atoms with E-state index >= 15 is 0 Å². The van der Waals surface area contributed by atoms with Crippen molar-refractivity contribution in [3.63, 3.8) is 0 Å². The van der Waals surface area contributed by atoms with Crippen LogP contribution >= 0.6 is 0 Å². The zero-order valence-electron chi connectivity index (χ0n) is 8.51. The summed E-state index contributed by atoms with van der Waals surface area (Å²) in [5.41, 5.74) is 1.27. The molecule has 2 nitrogen and oxygen atoms in total. The van der Waals surface area contributed by atoms with Crippen molar-refractivity contribution < 1.29 is 9.53 Å². The van der Waals surface area contributed by atoms with Crippen LogP contribution in [0.4, 0.5) is 0 Å². The van der Waals surface area contributed by atoms with Crippen molar-refractivity contribution in [1.82, 2.24) is 0 Å². The summed E-state index contributed by atoms with van der Waals surface area (Å²) in [4.78, 5) is 11.3. The van der Waals surface area contributed by atoms with Crippen molar-refractivity contribution in [2.45, 2.75) is 32.6 Å². The summed E-state index contributed by atoms with van der Waals surface area (Å²) in [6.07, 6.45) is 5.81. The van der Waals surface area contributed by atoms with Crippen LogP contribution in [0.5, 0.6) is 0 Å². The number of hydrogen-bond acceptors (Lipinski definition) is 2. The van der Waals surface area contributed by atoms with Crippen molar-refractivity contribution in [2.24, 2.45) is 5.92 Å². The molecule has 74 valence electrons. The number of carbonyl (C=O) groups is 1. The summed E-state index contributed by atoms with van der Waals surface area (Å²) in [6, 6.07) is 0. The normalized spacial score (nSPS) is 20.8. The Kier molecular flexibility index (Phi) is 4.16. The van der Waals surface area contributed by atoms with Crippen LogP contribution in [0.25, 0.3) is 0 Å². The molecule has 0 heterocycles. The van der Waals surface area contributed by atoms with Crippen LogP contribution in [0.3, 0.4) is 0 Å². The van der Waals surface area contributed by atoms with Gasteiger partial charge in [-0.1, -0.05) is 12.5 Å². The van der Waals surface area contributed by atoms with Crippen LogP contribution in [0.1, 0.15) is 32.6 Å². The molecule has 0 aromatic carbocycles. The van der Waals surface area contributed by atoms with Crippen LogP contribution in [0.2, 0.25) is 0 Å². The van der Waals surface area contributed by atoms with Gasteiger partial charge in [-0.3, -0.25) is 4.79 Å². The Morgan fingerprint density at radius 3 is 2.85 bits per heavy atom. The Balaban J connectivity index is 2.59. The smallest absolute Gasteiger partial charge is 0.155 e. The molecule has 2 heteroatoms. The molecule has 1 aliphatic carbocycles. The largest absolute Gasteiger partial charge is 0.384 e. The van der Waals surface area contributed by atoms with Gasteiger partial charge >= 0.3 is 0 Å². The minimum Gasteiger partial charge on any atom is -0.384 e. The second-order valence-corrected chi connectivity index (χ2v) is 3.75. The van der Waals surface area contributed by atoms with Gasteiger partial charge in [-0.2, -0.15) is 0 Å². The Morgan fingerprint density at radius 1 is 1.46 bits per heavy atom. The molecule has 0 spiro atoms. The van der Waals surface area contributed by atoms with E-state index in [1.807, 2.05) is 6.08 Å². The minimum absolute atomic E-state index is 0.287. The fourth-order valence-corrected chi connectivity index (χ4v) is 1.73. The number of ether oxygens (including phenoxy) is 1. The van der Waals surface area contributed by atoms with Gasteiger partial charge < -0.3 is 4.74 Å². The highest BCUT2D eigenvalue weighted by Crippen LogP contribution is 2.22. The highest BCUT2D eigenvalue weighted by molar-refractivity contribution is 5.90. The molecule has 0 fully saturated rings. The van der Waals surface area contributed by atoms with E-state index in [2.05, 4.69) is 6.92 Å². The second kappa shape index (κ2) is 5.18. The van der Waals surface area contributed by atoms with E-state index in [1.54, 1.807) is 7.11 Å². The molecule has 0 radical (unpaired) electrons. The molecule has 0 aliphatic heterocycles. The predicted octanol–water partition coefficient (Wildman–Crippen LogP) is 2.34. The van der Waals surface area contributed by atoms with E-state index < -0.39 is 0 Å². The highest BCUT2D eigenvalue weighted by atomic mass is 16.5. The van der Waals surface area contributed by atoms with Crippen LogP contribution < -0.4 is 0 Å². The van der Waals surface area contributed by atoms with Gasteiger partial charge in [0.05, 0.1) is 6.61 Å². The molecule has 1 rings (SSSR count). The van der Waals surface area contributed by atoms with Gasteiger partial charge in [0.15, 0.2) is 5.78 Å². The third kappa shape index (κ3) is 3.31. The molecule has 1 atom stereocenters. The van der Waals surface area contributed by atoms with E-state index in [9.17, 15) is 4.79 Å². The number of hydrogen-bond donors (Lipinski definition) is 0. The van der Waals surface area contributed by atoms with E-state index in [4.69, 9.17) is 4.74 Å². The molecule has 0 aromatic rings. The number of ketones is 1. The lowest BCUT2D eigenvalue weighted by Crippen LogP contribution is -2.07. The van der Waals surface area contributed by atoms with Gasteiger partial charge in [0.25, 0.3) is 0 Å². The molecule has 0 saturated heterocycles. The first-order valence-corrected chi connectivity index (χ1v) is 4.96. The standard InChI is InChI=1S/C11H18O2/c1-9(8-13-2)10-5-3-4-6-11(12)7-10/h7,9H,3-6,8H2,1-2H3. The average molecular weight is 182 g/mol. The van der Waals surface area contributed by atoms with Gasteiger partial charge in [0.2, 0.25) is 0 Å². The van der Waals surface area contributed by atoms with Crippen LogP contribution in [0.15, 0.2) is 11.6 Å². The number of carbonyl (C=O) groups excluding carboxylic acids is 1. The van der Waals surface area contributed by atoms with Crippen molar-refractivity contribution in [1.29, 1.82) is 0 Å². The summed E-state index contributed by atoms with van der Waals surface area (Å²) in [5, 5.41) is 0. The second-order valence-electron chi connectivity index (χ2n) is 3.75. The minimum atomic E-state index is 0.287. The fourth-order valence-electron chi connectivity index (χ4n) is 1.73. The lowest BCUT2D eigenvalue weighted by atomic mass is 9.97. The zero-order chi connectivity index (χ0) is 9.68. The van der Waals surface area contributed by atoms with Gasteiger partial charge in [-0.25, -0.2) is 0 Å². The van der Waals surface area contributed by atoms with Crippen molar-refractivity contribution in [3.8, 4) is 0 Å². The predicted molar refractivity (Wildman–Crippen MR) is 52.6 cm³/mol. The molecule has 1 aliphatic rings. The molecule has 0 amide bonds. The van der Waals surface area contributed by atoms with Gasteiger partial charge in [0.1, 0.15) is 0 Å². The van der Waals surface area contributed by atoms with Crippen LogP contribution in [0, 0.1) is 5.92 Å². The van der Waals surface area contributed by atoms with E-state index in [-0.39, 0.29) is 5.78 Å². The maximum Gasteiger partial charge on any atom is 0.155 e. The molecule has 0 aromatic heterocycles. The van der Waals surface area contributed by atoms with Crippen LogP contribution in [-0.4, -0.2) is 19.5 Å². The quantitative estimate of drug-likeness (QED) is 0.669. The number of rotatable bonds is 3. The molecular weight excluding hydrogens is 164 g/mol. The van der Waals surface area contributed by atoms with Gasteiger partial charge in [-0.05, 0) is 25.3 Å². The Labute approximate surface area is 80.0 Å². The van der Waals surface area contributed by atoms with E-state index in [0.717, 1.165) is 32.3 Å². The third-order valence-corrected chi connectivity index (χ3v) is 2.53. The zero-order valence-corrected chi connectivity index (χ0v) is 8.51. The summed E-state index contributed by atoms with van der Waals surface area (Å²) in [5.74, 6) is 0.683. The fraction of sp³-hybridized carbons (Fsp3) is 0.727. The Bertz CT molecular complexity index is 206. The number of methoxy groups -OCH3 is 1. The molecule has 0 bridgehead atoms. The lowest BCUT2D eigenvalue weighted by Gasteiger charge is -2.13. The van der Waals surface area contributed by atoms with E-state index in [0.29, 0.717) is 5.92 Å². The lowest BCUT2D eigenvalue weighted by molar-refractivity contribution is -0.114. The van der Waals surface area contributed by atoms with Crippen LogP contribution in [-0.2, 0) is 9.53 Å².